The van der Waals surface area contributed by atoms with Crippen LogP contribution < -0.4 is 5.32 Å². The van der Waals surface area contributed by atoms with E-state index in [-0.39, 0.29) is 5.60 Å². The molecule has 2 aliphatic heterocycles. The molecule has 0 aromatic carbocycles. The highest BCUT2D eigenvalue weighted by Crippen LogP contribution is 2.21. The van der Waals surface area contributed by atoms with Crippen LogP contribution in [0.25, 0.3) is 0 Å². The molecule has 94 valence electrons. The Bertz CT molecular complexity index is 199. The van der Waals surface area contributed by atoms with Crippen molar-refractivity contribution in [3.8, 4) is 0 Å². The molecule has 1 N–H and O–H groups in total. The lowest BCUT2D eigenvalue weighted by atomic mass is 10.0. The van der Waals surface area contributed by atoms with Gasteiger partial charge in [0.1, 0.15) is 5.60 Å². The first-order valence-corrected chi connectivity index (χ1v) is 6.41. The minimum absolute atomic E-state index is 0.0645. The Morgan fingerprint density at radius 2 is 2.19 bits per heavy atom. The van der Waals surface area contributed by atoms with Gasteiger partial charge in [0, 0.05) is 39.8 Å². The van der Waals surface area contributed by atoms with Gasteiger partial charge in [-0.2, -0.15) is 0 Å². The molecular weight excluding hydrogens is 204 g/mol. The molecule has 0 aliphatic carbocycles. The molecule has 4 nitrogen and oxygen atoms in total. The highest BCUT2D eigenvalue weighted by atomic mass is 16.5. The zero-order valence-corrected chi connectivity index (χ0v) is 10.3. The predicted octanol–water partition coefficient (Wildman–Crippen LogP) is 0.477. The molecule has 4 heteroatoms. The summed E-state index contributed by atoms with van der Waals surface area (Å²) in [5.74, 6) is 0. The molecule has 2 aliphatic rings. The van der Waals surface area contributed by atoms with E-state index in [0.29, 0.717) is 0 Å². The number of rotatable bonds is 6. The second-order valence-electron chi connectivity index (χ2n) is 4.92. The third-order valence-electron chi connectivity index (χ3n) is 3.75. The first-order valence-electron chi connectivity index (χ1n) is 6.41. The van der Waals surface area contributed by atoms with E-state index in [9.17, 15) is 0 Å². The van der Waals surface area contributed by atoms with E-state index < -0.39 is 0 Å². The van der Waals surface area contributed by atoms with Crippen LogP contribution in [0, 0.1) is 0 Å². The van der Waals surface area contributed by atoms with Crippen LogP contribution in [-0.2, 0) is 9.47 Å². The molecule has 0 amide bonds. The summed E-state index contributed by atoms with van der Waals surface area (Å²) in [5.41, 5.74) is -0.0645. The molecule has 0 bridgehead atoms. The Balaban J connectivity index is 1.59. The van der Waals surface area contributed by atoms with Gasteiger partial charge in [0.2, 0.25) is 0 Å². The summed E-state index contributed by atoms with van der Waals surface area (Å²) in [7, 11) is 1.79. The number of nitrogens with zero attached hydrogens (tertiary/aromatic N) is 1. The average molecular weight is 228 g/mol. The van der Waals surface area contributed by atoms with Crippen LogP contribution in [-0.4, -0.2) is 63.5 Å². The van der Waals surface area contributed by atoms with Gasteiger partial charge in [0.25, 0.3) is 0 Å². The molecule has 0 spiro atoms. The summed E-state index contributed by atoms with van der Waals surface area (Å²) in [6, 6.07) is 0. The SMILES string of the molecule is COC1(CNCCN2CCCC2)CCOC1. The third kappa shape index (κ3) is 3.17. The van der Waals surface area contributed by atoms with Crippen LogP contribution in [0.1, 0.15) is 19.3 Å². The maximum atomic E-state index is 5.57. The van der Waals surface area contributed by atoms with Crippen molar-refractivity contribution in [3.05, 3.63) is 0 Å². The summed E-state index contributed by atoms with van der Waals surface area (Å²) >= 11 is 0. The summed E-state index contributed by atoms with van der Waals surface area (Å²) in [5, 5.41) is 3.50. The molecule has 0 aromatic heterocycles. The van der Waals surface area contributed by atoms with Crippen molar-refractivity contribution in [1.82, 2.24) is 10.2 Å². The van der Waals surface area contributed by atoms with Gasteiger partial charge >= 0.3 is 0 Å². The fourth-order valence-corrected chi connectivity index (χ4v) is 2.52. The van der Waals surface area contributed by atoms with Crippen LogP contribution in [0.4, 0.5) is 0 Å². The van der Waals surface area contributed by atoms with Crippen LogP contribution in [0.2, 0.25) is 0 Å². The van der Waals surface area contributed by atoms with Crippen LogP contribution >= 0.6 is 0 Å². The quantitative estimate of drug-likeness (QED) is 0.670. The number of hydrogen-bond donors (Lipinski definition) is 1. The molecule has 16 heavy (non-hydrogen) atoms. The van der Waals surface area contributed by atoms with E-state index in [1.807, 2.05) is 0 Å². The van der Waals surface area contributed by atoms with Gasteiger partial charge in [-0.15, -0.1) is 0 Å². The minimum Gasteiger partial charge on any atom is -0.378 e. The highest BCUT2D eigenvalue weighted by Gasteiger charge is 2.34. The van der Waals surface area contributed by atoms with Gasteiger partial charge in [-0.1, -0.05) is 0 Å². The third-order valence-corrected chi connectivity index (χ3v) is 3.75. The van der Waals surface area contributed by atoms with Crippen molar-refractivity contribution < 1.29 is 9.47 Å². The maximum absolute atomic E-state index is 5.57. The molecule has 2 fully saturated rings. The fourth-order valence-electron chi connectivity index (χ4n) is 2.52. The lowest BCUT2D eigenvalue weighted by Crippen LogP contribution is -2.44. The average Bonchev–Trinajstić information content (AvgIpc) is 2.97. The second-order valence-corrected chi connectivity index (χ2v) is 4.92. The fraction of sp³-hybridized carbons (Fsp3) is 1.00. The largest absolute Gasteiger partial charge is 0.378 e. The Hall–Kier alpha value is -0.160. The first kappa shape index (κ1) is 12.3. The van der Waals surface area contributed by atoms with Gasteiger partial charge in [-0.25, -0.2) is 0 Å². The van der Waals surface area contributed by atoms with Crippen molar-refractivity contribution in [3.63, 3.8) is 0 Å². The zero-order chi connectivity index (χ0) is 11.3. The van der Waals surface area contributed by atoms with Crippen molar-refractivity contribution in [2.24, 2.45) is 0 Å². The molecule has 2 rings (SSSR count). The molecule has 1 atom stereocenters. The van der Waals surface area contributed by atoms with Gasteiger partial charge < -0.3 is 19.7 Å². The summed E-state index contributed by atoms with van der Waals surface area (Å²) in [6.07, 6.45) is 3.76. The summed E-state index contributed by atoms with van der Waals surface area (Å²) < 4.78 is 11.0. The van der Waals surface area contributed by atoms with Gasteiger partial charge in [-0.05, 0) is 25.9 Å². The molecule has 0 radical (unpaired) electrons. The smallest absolute Gasteiger partial charge is 0.106 e. The van der Waals surface area contributed by atoms with Gasteiger partial charge in [0.15, 0.2) is 0 Å². The van der Waals surface area contributed by atoms with Gasteiger partial charge in [-0.3, -0.25) is 0 Å². The molecular formula is C12H24N2O2. The molecule has 0 aromatic rings. The van der Waals surface area contributed by atoms with E-state index in [2.05, 4.69) is 10.2 Å². The van der Waals surface area contributed by atoms with Crippen LogP contribution in [0.15, 0.2) is 0 Å². The number of ether oxygens (including phenoxy) is 2. The topological polar surface area (TPSA) is 33.7 Å². The normalized spacial score (nSPS) is 31.3. The zero-order valence-electron chi connectivity index (χ0n) is 10.3. The lowest BCUT2D eigenvalue weighted by molar-refractivity contribution is -0.0158. The number of likely N-dealkylation sites (tertiary alicyclic amines) is 1. The Morgan fingerprint density at radius 3 is 2.81 bits per heavy atom. The Kier molecular flexibility index (Phi) is 4.58. The summed E-state index contributed by atoms with van der Waals surface area (Å²) in [6.45, 7) is 7.27. The Morgan fingerprint density at radius 1 is 1.38 bits per heavy atom. The van der Waals surface area contributed by atoms with Crippen molar-refractivity contribution in [2.45, 2.75) is 24.9 Å². The number of nitrogens with one attached hydrogen (secondary N) is 1. The monoisotopic (exact) mass is 228 g/mol. The molecule has 2 heterocycles. The van der Waals surface area contributed by atoms with Crippen molar-refractivity contribution >= 4 is 0 Å². The predicted molar refractivity (Wildman–Crippen MR) is 63.7 cm³/mol. The number of methoxy groups -OCH3 is 1. The van der Waals surface area contributed by atoms with E-state index in [0.717, 1.165) is 32.7 Å². The van der Waals surface area contributed by atoms with E-state index >= 15 is 0 Å². The van der Waals surface area contributed by atoms with Crippen LogP contribution in [0.3, 0.4) is 0 Å². The van der Waals surface area contributed by atoms with E-state index in [1.165, 1.54) is 32.5 Å². The lowest BCUT2D eigenvalue weighted by Gasteiger charge is -2.26. The standard InChI is InChI=1S/C12H24N2O2/c1-15-12(4-9-16-11-12)10-13-5-8-14-6-2-3-7-14/h13H,2-11H2,1H3. The first-order chi connectivity index (χ1) is 7.85. The summed E-state index contributed by atoms with van der Waals surface area (Å²) in [4.78, 5) is 2.53. The molecule has 2 saturated heterocycles. The Labute approximate surface area is 98.3 Å². The van der Waals surface area contributed by atoms with Crippen molar-refractivity contribution in [2.75, 3.05) is 53.0 Å². The van der Waals surface area contributed by atoms with Gasteiger partial charge in [0.05, 0.1) is 6.61 Å². The molecule has 0 saturated carbocycles. The maximum Gasteiger partial charge on any atom is 0.106 e. The van der Waals surface area contributed by atoms with Crippen molar-refractivity contribution in [1.29, 1.82) is 0 Å². The van der Waals surface area contributed by atoms with E-state index in [4.69, 9.17) is 9.47 Å². The molecule has 1 unspecified atom stereocenters. The van der Waals surface area contributed by atoms with E-state index in [1.54, 1.807) is 7.11 Å². The second kappa shape index (κ2) is 5.96. The van der Waals surface area contributed by atoms with Crippen LogP contribution in [0.5, 0.6) is 0 Å². The number of hydrogen-bond acceptors (Lipinski definition) is 4. The minimum atomic E-state index is -0.0645. The highest BCUT2D eigenvalue weighted by molar-refractivity contribution is 4.87.